The van der Waals surface area contributed by atoms with Gasteiger partial charge in [-0.1, -0.05) is 0 Å². The highest BCUT2D eigenvalue weighted by Gasteiger charge is 2.39. The van der Waals surface area contributed by atoms with Crippen LogP contribution in [0.4, 0.5) is 40.3 Å². The van der Waals surface area contributed by atoms with Crippen molar-refractivity contribution in [1.82, 2.24) is 0 Å². The van der Waals surface area contributed by atoms with Crippen LogP contribution in [0.3, 0.4) is 0 Å². The average Bonchev–Trinajstić information content (AvgIpc) is 2.48. The first kappa shape index (κ1) is 17.1. The number of nitro groups is 2. The second kappa shape index (κ2) is 6.10. The molecule has 0 saturated carbocycles. The number of nitro benzene ring substituents is 2. The molecule has 2 rings (SSSR count). The Bertz CT molecular complexity index is 806. The maximum Gasteiger partial charge on any atom is 0.418 e. The molecule has 0 atom stereocenters. The predicted octanol–water partition coefficient (Wildman–Crippen LogP) is 4.40. The van der Waals surface area contributed by atoms with E-state index in [1.807, 2.05) is 0 Å². The number of non-ortho nitro benzene ring substituents is 1. The zero-order valence-corrected chi connectivity index (χ0v) is 11.5. The summed E-state index contributed by atoms with van der Waals surface area (Å²) < 4.78 is 52.3. The Balaban J connectivity index is 2.68. The molecule has 0 saturated heterocycles. The average molecular weight is 345 g/mol. The smallest absolute Gasteiger partial charge is 0.349 e. The van der Waals surface area contributed by atoms with Crippen LogP contribution in [0.5, 0.6) is 0 Å². The van der Waals surface area contributed by atoms with Crippen molar-refractivity contribution in [2.75, 3.05) is 5.32 Å². The fourth-order valence-corrected chi connectivity index (χ4v) is 1.89. The molecule has 11 heteroatoms. The minimum absolute atomic E-state index is 0.0566. The van der Waals surface area contributed by atoms with Gasteiger partial charge in [-0.05, 0) is 24.3 Å². The second-order valence-electron chi connectivity index (χ2n) is 4.53. The summed E-state index contributed by atoms with van der Waals surface area (Å²) in [5.74, 6) is -0.658. The normalized spacial score (nSPS) is 11.2. The van der Waals surface area contributed by atoms with Crippen molar-refractivity contribution in [3.05, 3.63) is 68.0 Å². The van der Waals surface area contributed by atoms with Crippen LogP contribution in [0, 0.1) is 26.0 Å². The molecule has 24 heavy (non-hydrogen) atoms. The number of nitrogens with zero attached hydrogens (tertiary/aromatic N) is 2. The summed E-state index contributed by atoms with van der Waals surface area (Å²) >= 11 is 0. The molecule has 1 N–H and O–H groups in total. The highest BCUT2D eigenvalue weighted by Crippen LogP contribution is 2.43. The molecule has 0 spiro atoms. The summed E-state index contributed by atoms with van der Waals surface area (Å²) in [6.07, 6.45) is -5.08. The zero-order valence-electron chi connectivity index (χ0n) is 11.5. The quantitative estimate of drug-likeness (QED) is 0.503. The van der Waals surface area contributed by atoms with Crippen molar-refractivity contribution in [2.24, 2.45) is 0 Å². The van der Waals surface area contributed by atoms with Crippen LogP contribution >= 0.6 is 0 Å². The van der Waals surface area contributed by atoms with E-state index in [-0.39, 0.29) is 11.8 Å². The molecule has 0 fully saturated rings. The second-order valence-corrected chi connectivity index (χ2v) is 4.53. The van der Waals surface area contributed by atoms with Crippen LogP contribution in [0.15, 0.2) is 36.4 Å². The van der Waals surface area contributed by atoms with Gasteiger partial charge in [-0.2, -0.15) is 13.2 Å². The summed E-state index contributed by atoms with van der Waals surface area (Å²) in [4.78, 5) is 19.4. The van der Waals surface area contributed by atoms with E-state index in [4.69, 9.17) is 0 Å². The lowest BCUT2D eigenvalue weighted by atomic mass is 10.1. The lowest BCUT2D eigenvalue weighted by Crippen LogP contribution is -2.11. The summed E-state index contributed by atoms with van der Waals surface area (Å²) in [6.45, 7) is 0. The van der Waals surface area contributed by atoms with Crippen LogP contribution < -0.4 is 5.32 Å². The first-order valence-electron chi connectivity index (χ1n) is 6.16. The number of anilines is 2. The van der Waals surface area contributed by atoms with Gasteiger partial charge in [0.2, 0.25) is 0 Å². The van der Waals surface area contributed by atoms with Crippen LogP contribution in [0.25, 0.3) is 0 Å². The van der Waals surface area contributed by atoms with E-state index in [0.717, 1.165) is 24.3 Å². The number of rotatable bonds is 4. The minimum Gasteiger partial charge on any atom is -0.349 e. The van der Waals surface area contributed by atoms with E-state index in [2.05, 4.69) is 5.32 Å². The van der Waals surface area contributed by atoms with Crippen molar-refractivity contribution in [3.63, 3.8) is 0 Å². The third-order valence-electron chi connectivity index (χ3n) is 2.93. The largest absolute Gasteiger partial charge is 0.418 e. The third kappa shape index (κ3) is 3.56. The summed E-state index contributed by atoms with van der Waals surface area (Å²) in [6, 6.07) is 4.63. The van der Waals surface area contributed by atoms with E-state index < -0.39 is 44.5 Å². The van der Waals surface area contributed by atoms with Gasteiger partial charge < -0.3 is 5.32 Å². The molecule has 0 amide bonds. The van der Waals surface area contributed by atoms with Gasteiger partial charge in [-0.3, -0.25) is 20.2 Å². The lowest BCUT2D eigenvalue weighted by Gasteiger charge is -2.14. The van der Waals surface area contributed by atoms with Crippen LogP contribution in [-0.4, -0.2) is 9.85 Å². The van der Waals surface area contributed by atoms with Gasteiger partial charge >= 0.3 is 6.18 Å². The summed E-state index contributed by atoms with van der Waals surface area (Å²) in [5.41, 5.74) is -4.80. The van der Waals surface area contributed by atoms with E-state index in [1.54, 1.807) is 0 Å². The fourth-order valence-electron chi connectivity index (χ4n) is 1.89. The Morgan fingerprint density at radius 2 is 1.54 bits per heavy atom. The Morgan fingerprint density at radius 1 is 0.958 bits per heavy atom. The van der Waals surface area contributed by atoms with Crippen molar-refractivity contribution in [3.8, 4) is 0 Å². The van der Waals surface area contributed by atoms with Crippen LogP contribution in [0.2, 0.25) is 0 Å². The molecule has 126 valence electrons. The highest BCUT2D eigenvalue weighted by molar-refractivity contribution is 5.76. The van der Waals surface area contributed by atoms with Crippen LogP contribution in [-0.2, 0) is 6.18 Å². The van der Waals surface area contributed by atoms with Crippen molar-refractivity contribution < 1.29 is 27.4 Å². The standard InChI is InChI=1S/C13H7F4N3O4/c14-7-1-3-8(4-2-7)18-12-10(13(15,16)17)5-9(19(21)22)6-11(12)20(23)24/h1-6,18H. The van der Waals surface area contributed by atoms with E-state index in [0.29, 0.717) is 6.07 Å². The highest BCUT2D eigenvalue weighted by atomic mass is 19.4. The Kier molecular flexibility index (Phi) is 4.35. The van der Waals surface area contributed by atoms with Gasteiger partial charge in [0.25, 0.3) is 11.4 Å². The molecule has 7 nitrogen and oxygen atoms in total. The monoisotopic (exact) mass is 345 g/mol. The van der Waals surface area contributed by atoms with Gasteiger partial charge in [0, 0.05) is 11.8 Å². The molecular formula is C13H7F4N3O4. The molecule has 0 bridgehead atoms. The maximum absolute atomic E-state index is 13.2. The van der Waals surface area contributed by atoms with Gasteiger partial charge in [0.05, 0.1) is 21.5 Å². The molecule has 2 aromatic carbocycles. The maximum atomic E-state index is 13.2. The topological polar surface area (TPSA) is 98.3 Å². The summed E-state index contributed by atoms with van der Waals surface area (Å²) in [5, 5.41) is 23.9. The number of alkyl halides is 3. The van der Waals surface area contributed by atoms with Gasteiger partial charge in [0.1, 0.15) is 11.5 Å². The predicted molar refractivity (Wildman–Crippen MR) is 74.4 cm³/mol. The molecule has 0 aliphatic carbocycles. The van der Waals surface area contributed by atoms with E-state index >= 15 is 0 Å². The third-order valence-corrected chi connectivity index (χ3v) is 2.93. The zero-order chi connectivity index (χ0) is 18.1. The lowest BCUT2D eigenvalue weighted by molar-refractivity contribution is -0.394. The van der Waals surface area contributed by atoms with E-state index in [1.165, 1.54) is 0 Å². The summed E-state index contributed by atoms with van der Waals surface area (Å²) in [7, 11) is 0. The molecule has 2 aromatic rings. The SMILES string of the molecule is O=[N+]([O-])c1cc([N+](=O)[O-])c(Nc2ccc(F)cc2)c(C(F)(F)F)c1. The molecule has 0 radical (unpaired) electrons. The van der Waals surface area contributed by atoms with Crippen LogP contribution in [0.1, 0.15) is 5.56 Å². The first-order valence-corrected chi connectivity index (χ1v) is 6.16. The van der Waals surface area contributed by atoms with E-state index in [9.17, 15) is 37.8 Å². The van der Waals surface area contributed by atoms with Crippen molar-refractivity contribution in [1.29, 1.82) is 0 Å². The number of hydrogen-bond acceptors (Lipinski definition) is 5. The number of hydrogen-bond donors (Lipinski definition) is 1. The molecule has 0 heterocycles. The Hall–Kier alpha value is -3.24. The van der Waals surface area contributed by atoms with Crippen molar-refractivity contribution >= 4 is 22.7 Å². The van der Waals surface area contributed by atoms with Crippen molar-refractivity contribution in [2.45, 2.75) is 6.18 Å². The number of nitrogens with one attached hydrogen (secondary N) is 1. The molecule has 0 aliphatic rings. The number of benzene rings is 2. The molecule has 0 aromatic heterocycles. The van der Waals surface area contributed by atoms with Gasteiger partial charge in [0.15, 0.2) is 0 Å². The first-order chi connectivity index (χ1) is 11.1. The molecule has 0 unspecified atom stereocenters. The van der Waals surface area contributed by atoms with Gasteiger partial charge in [-0.25, -0.2) is 4.39 Å². The number of halogens is 4. The van der Waals surface area contributed by atoms with Gasteiger partial charge in [-0.15, -0.1) is 0 Å². The fraction of sp³-hybridized carbons (Fsp3) is 0.0769. The Morgan fingerprint density at radius 3 is 2.00 bits per heavy atom. The Labute approximate surface area is 130 Å². The minimum atomic E-state index is -5.08. The molecule has 0 aliphatic heterocycles. The molecular weight excluding hydrogens is 338 g/mol.